The number of nitrogens with zero attached hydrogens (tertiary/aromatic N) is 1. The molecule has 5 heteroatoms. The number of urea groups is 1. The van der Waals surface area contributed by atoms with Crippen molar-refractivity contribution in [1.82, 2.24) is 10.2 Å². The van der Waals surface area contributed by atoms with Gasteiger partial charge < -0.3 is 15.3 Å². The summed E-state index contributed by atoms with van der Waals surface area (Å²) in [4.78, 5) is 24.5. The number of carboxylic acids is 1. The summed E-state index contributed by atoms with van der Waals surface area (Å²) in [6.07, 6.45) is 6.94. The highest BCUT2D eigenvalue weighted by Gasteiger charge is 2.28. The van der Waals surface area contributed by atoms with Crippen molar-refractivity contribution in [3.8, 4) is 0 Å². The van der Waals surface area contributed by atoms with Crippen LogP contribution in [-0.4, -0.2) is 40.1 Å². The van der Waals surface area contributed by atoms with Gasteiger partial charge in [0.05, 0.1) is 6.42 Å². The fourth-order valence-electron chi connectivity index (χ4n) is 2.13. The highest BCUT2D eigenvalue weighted by atomic mass is 16.4. The Hall–Kier alpha value is -1.52. The number of carbonyl (C=O) groups excluding carboxylic acids is 1. The van der Waals surface area contributed by atoms with E-state index in [9.17, 15) is 9.59 Å². The molecule has 108 valence electrons. The predicted molar refractivity (Wildman–Crippen MR) is 74.0 cm³/mol. The Kier molecular flexibility index (Phi) is 5.39. The Labute approximate surface area is 114 Å². The second-order valence-corrected chi connectivity index (χ2v) is 5.90. The summed E-state index contributed by atoms with van der Waals surface area (Å²) in [5.41, 5.74) is -0.385. The highest BCUT2D eigenvalue weighted by molar-refractivity contribution is 5.76. The molecule has 0 aromatic carbocycles. The molecule has 2 amide bonds. The molecule has 0 saturated carbocycles. The van der Waals surface area contributed by atoms with Gasteiger partial charge in [0.2, 0.25) is 0 Å². The molecule has 1 rings (SSSR count). The molecule has 5 nitrogen and oxygen atoms in total. The monoisotopic (exact) mass is 268 g/mol. The zero-order valence-corrected chi connectivity index (χ0v) is 12.0. The molecule has 0 fully saturated rings. The second-order valence-electron chi connectivity index (χ2n) is 5.90. The summed E-state index contributed by atoms with van der Waals surface area (Å²) in [5.74, 6) is -0.886. The normalized spacial score (nSPS) is 19.0. The number of rotatable bonds is 4. The van der Waals surface area contributed by atoms with Crippen molar-refractivity contribution in [2.75, 3.05) is 6.54 Å². The minimum absolute atomic E-state index is 0.0325. The summed E-state index contributed by atoms with van der Waals surface area (Å²) in [5, 5.41) is 11.8. The van der Waals surface area contributed by atoms with Gasteiger partial charge in [-0.2, -0.15) is 0 Å². The first kappa shape index (κ1) is 15.5. The van der Waals surface area contributed by atoms with Crippen molar-refractivity contribution in [2.45, 2.75) is 58.0 Å². The summed E-state index contributed by atoms with van der Waals surface area (Å²) >= 11 is 0. The number of nitrogens with one attached hydrogen (secondary N) is 1. The molecular weight excluding hydrogens is 244 g/mol. The van der Waals surface area contributed by atoms with Crippen molar-refractivity contribution in [2.24, 2.45) is 0 Å². The van der Waals surface area contributed by atoms with E-state index in [1.165, 1.54) is 0 Å². The van der Waals surface area contributed by atoms with Gasteiger partial charge in [0.25, 0.3) is 0 Å². The van der Waals surface area contributed by atoms with Crippen LogP contribution in [-0.2, 0) is 4.79 Å². The molecule has 0 aromatic heterocycles. The first-order valence-electron chi connectivity index (χ1n) is 6.75. The summed E-state index contributed by atoms with van der Waals surface area (Å²) in [6.45, 7) is 5.97. The van der Waals surface area contributed by atoms with Gasteiger partial charge in [0.1, 0.15) is 0 Å². The van der Waals surface area contributed by atoms with Crippen LogP contribution in [0.4, 0.5) is 4.79 Å². The molecule has 0 aliphatic heterocycles. The zero-order valence-electron chi connectivity index (χ0n) is 12.0. The Morgan fingerprint density at radius 1 is 1.37 bits per heavy atom. The Bertz CT molecular complexity index is 358. The number of aliphatic carboxylic acids is 1. The van der Waals surface area contributed by atoms with Crippen molar-refractivity contribution in [3.63, 3.8) is 0 Å². The van der Waals surface area contributed by atoms with Gasteiger partial charge in [0.15, 0.2) is 0 Å². The van der Waals surface area contributed by atoms with Gasteiger partial charge >= 0.3 is 12.0 Å². The van der Waals surface area contributed by atoms with Crippen LogP contribution < -0.4 is 5.32 Å². The largest absolute Gasteiger partial charge is 0.481 e. The first-order valence-corrected chi connectivity index (χ1v) is 6.75. The number of hydrogen-bond acceptors (Lipinski definition) is 2. The van der Waals surface area contributed by atoms with E-state index in [0.29, 0.717) is 0 Å². The van der Waals surface area contributed by atoms with Crippen molar-refractivity contribution in [3.05, 3.63) is 12.2 Å². The number of allylic oxidation sites excluding steroid dienone is 1. The molecule has 0 radical (unpaired) electrons. The van der Waals surface area contributed by atoms with E-state index in [-0.39, 0.29) is 30.6 Å². The summed E-state index contributed by atoms with van der Waals surface area (Å²) in [7, 11) is 0. The van der Waals surface area contributed by atoms with E-state index in [2.05, 4.69) is 17.5 Å². The lowest BCUT2D eigenvalue weighted by Crippen LogP contribution is -2.53. The smallest absolute Gasteiger partial charge is 0.318 e. The zero-order chi connectivity index (χ0) is 14.5. The third kappa shape index (κ3) is 5.32. The fourth-order valence-corrected chi connectivity index (χ4v) is 2.13. The van der Waals surface area contributed by atoms with E-state index in [1.54, 1.807) is 4.90 Å². The average Bonchev–Trinajstić information content (AvgIpc) is 2.28. The fraction of sp³-hybridized carbons (Fsp3) is 0.714. The standard InChI is InChI=1S/C14H24N2O3/c1-14(2,3)16(10-9-12(17)18)13(19)15-11-7-5-4-6-8-11/h4-5,11H,6-10H2,1-3H3,(H,15,19)(H,17,18). The van der Waals surface area contributed by atoms with E-state index in [1.807, 2.05) is 20.8 Å². The maximum atomic E-state index is 12.3. The molecule has 1 aliphatic carbocycles. The molecule has 0 heterocycles. The minimum atomic E-state index is -0.886. The summed E-state index contributed by atoms with van der Waals surface area (Å²) in [6, 6.07) is -0.0128. The Morgan fingerprint density at radius 3 is 2.53 bits per heavy atom. The van der Waals surface area contributed by atoms with Crippen molar-refractivity contribution >= 4 is 12.0 Å². The predicted octanol–water partition coefficient (Wildman–Crippen LogP) is 2.38. The first-order chi connectivity index (χ1) is 8.80. The molecule has 0 spiro atoms. The van der Waals surface area contributed by atoms with Crippen LogP contribution in [0.3, 0.4) is 0 Å². The van der Waals surface area contributed by atoms with Gasteiger partial charge in [0, 0.05) is 18.1 Å². The number of carbonyl (C=O) groups is 2. The quantitative estimate of drug-likeness (QED) is 0.769. The molecule has 2 N–H and O–H groups in total. The van der Waals surface area contributed by atoms with Gasteiger partial charge in [-0.05, 0) is 40.0 Å². The molecule has 0 bridgehead atoms. The van der Waals surface area contributed by atoms with E-state index < -0.39 is 5.97 Å². The van der Waals surface area contributed by atoms with Crippen LogP contribution in [0.25, 0.3) is 0 Å². The van der Waals surface area contributed by atoms with E-state index >= 15 is 0 Å². The lowest BCUT2D eigenvalue weighted by molar-refractivity contribution is -0.137. The van der Waals surface area contributed by atoms with Gasteiger partial charge in [-0.25, -0.2) is 4.79 Å². The molecule has 19 heavy (non-hydrogen) atoms. The van der Waals surface area contributed by atoms with Crippen molar-refractivity contribution in [1.29, 1.82) is 0 Å². The van der Waals surface area contributed by atoms with Gasteiger partial charge in [-0.3, -0.25) is 4.79 Å². The number of carboxylic acid groups (broad SMARTS) is 1. The van der Waals surface area contributed by atoms with Crippen molar-refractivity contribution < 1.29 is 14.7 Å². The molecule has 1 atom stereocenters. The molecule has 0 aromatic rings. The second kappa shape index (κ2) is 6.59. The molecule has 1 aliphatic rings. The number of hydrogen-bond donors (Lipinski definition) is 2. The third-order valence-corrected chi connectivity index (χ3v) is 3.20. The van der Waals surface area contributed by atoms with E-state index in [0.717, 1.165) is 19.3 Å². The van der Waals surface area contributed by atoms with Crippen LogP contribution in [0.5, 0.6) is 0 Å². The maximum absolute atomic E-state index is 12.3. The third-order valence-electron chi connectivity index (χ3n) is 3.20. The van der Waals surface area contributed by atoms with Gasteiger partial charge in [-0.1, -0.05) is 12.2 Å². The van der Waals surface area contributed by atoms with Crippen LogP contribution in [0.15, 0.2) is 12.2 Å². The SMILES string of the molecule is CC(C)(C)N(CCC(=O)O)C(=O)NC1CC=CCC1. The Morgan fingerprint density at radius 2 is 2.05 bits per heavy atom. The van der Waals surface area contributed by atoms with Crippen LogP contribution in [0, 0.1) is 0 Å². The van der Waals surface area contributed by atoms with Crippen LogP contribution in [0.2, 0.25) is 0 Å². The summed E-state index contributed by atoms with van der Waals surface area (Å²) < 4.78 is 0. The maximum Gasteiger partial charge on any atom is 0.318 e. The molecule has 1 unspecified atom stereocenters. The highest BCUT2D eigenvalue weighted by Crippen LogP contribution is 2.16. The number of amides is 2. The Balaban J connectivity index is 2.60. The average molecular weight is 268 g/mol. The molecule has 0 saturated heterocycles. The molecular formula is C14H24N2O3. The lowest BCUT2D eigenvalue weighted by atomic mass is 10.0. The lowest BCUT2D eigenvalue weighted by Gasteiger charge is -2.36. The van der Waals surface area contributed by atoms with Crippen LogP contribution >= 0.6 is 0 Å². The van der Waals surface area contributed by atoms with Crippen LogP contribution in [0.1, 0.15) is 46.5 Å². The van der Waals surface area contributed by atoms with Gasteiger partial charge in [-0.15, -0.1) is 0 Å². The minimum Gasteiger partial charge on any atom is -0.481 e. The van der Waals surface area contributed by atoms with E-state index in [4.69, 9.17) is 5.11 Å². The topological polar surface area (TPSA) is 69.6 Å².